The molecule has 1 N–H and O–H groups in total. The van der Waals surface area contributed by atoms with Gasteiger partial charge in [-0.2, -0.15) is 0 Å². The molecule has 29 heavy (non-hydrogen) atoms. The lowest BCUT2D eigenvalue weighted by Crippen LogP contribution is -2.18. The second-order valence-electron chi connectivity index (χ2n) is 6.31. The Labute approximate surface area is 164 Å². The van der Waals surface area contributed by atoms with Crippen molar-refractivity contribution in [3.05, 3.63) is 71.9 Å². The van der Waals surface area contributed by atoms with Crippen LogP contribution in [0, 0.1) is 11.6 Å². The van der Waals surface area contributed by atoms with E-state index >= 15 is 0 Å². The predicted molar refractivity (Wildman–Crippen MR) is 105 cm³/mol. The number of nitrogens with zero attached hydrogens (tertiary/aromatic N) is 1. The smallest absolute Gasteiger partial charge is 0.255 e. The minimum absolute atomic E-state index is 0.271. The average Bonchev–Trinajstić information content (AvgIpc) is 3.12. The quantitative estimate of drug-likeness (QED) is 0.540. The summed E-state index contributed by atoms with van der Waals surface area (Å²) in [5, 5.41) is 3.10. The lowest BCUT2D eigenvalue weighted by atomic mass is 10.0. The van der Waals surface area contributed by atoms with Crippen LogP contribution in [0.3, 0.4) is 0 Å². The minimum Gasteiger partial charge on any atom is -0.481 e. The van der Waals surface area contributed by atoms with Crippen molar-refractivity contribution in [2.45, 2.75) is 0 Å². The van der Waals surface area contributed by atoms with E-state index in [0.29, 0.717) is 27.9 Å². The molecule has 0 aliphatic carbocycles. The van der Waals surface area contributed by atoms with Crippen molar-refractivity contribution in [2.75, 3.05) is 14.2 Å². The topological polar surface area (TPSA) is 64.4 Å². The van der Waals surface area contributed by atoms with Gasteiger partial charge in [-0.3, -0.25) is 4.79 Å². The van der Waals surface area contributed by atoms with E-state index in [1.54, 1.807) is 18.2 Å². The van der Waals surface area contributed by atoms with Crippen molar-refractivity contribution in [2.24, 2.45) is 0 Å². The Morgan fingerprint density at radius 3 is 2.48 bits per heavy atom. The largest absolute Gasteiger partial charge is 0.481 e. The minimum atomic E-state index is -0.520. The monoisotopic (exact) mass is 394 g/mol. The first-order valence-corrected chi connectivity index (χ1v) is 8.76. The number of fused-ring (bicyclic) bond motifs is 1. The Morgan fingerprint density at radius 1 is 1.07 bits per heavy atom. The number of rotatable bonds is 4. The number of furan rings is 1. The van der Waals surface area contributed by atoms with Gasteiger partial charge in [-0.05, 0) is 42.0 Å². The van der Waals surface area contributed by atoms with Gasteiger partial charge in [-0.25, -0.2) is 13.8 Å². The molecule has 2 aromatic heterocycles. The van der Waals surface area contributed by atoms with Crippen molar-refractivity contribution in [1.82, 2.24) is 10.3 Å². The van der Waals surface area contributed by atoms with Crippen LogP contribution in [0.25, 0.3) is 33.4 Å². The van der Waals surface area contributed by atoms with Crippen molar-refractivity contribution in [3.63, 3.8) is 0 Å². The first-order valence-electron chi connectivity index (χ1n) is 8.76. The van der Waals surface area contributed by atoms with Gasteiger partial charge in [0.1, 0.15) is 23.0 Å². The molecule has 1 amide bonds. The summed E-state index contributed by atoms with van der Waals surface area (Å²) < 4.78 is 38.7. The molecule has 146 valence electrons. The van der Waals surface area contributed by atoms with Crippen LogP contribution in [-0.4, -0.2) is 25.0 Å². The number of amides is 1. The van der Waals surface area contributed by atoms with Crippen LogP contribution in [0.1, 0.15) is 10.4 Å². The Hall–Kier alpha value is -3.74. The maximum Gasteiger partial charge on any atom is 0.255 e. The van der Waals surface area contributed by atoms with E-state index in [4.69, 9.17) is 9.15 Å². The summed E-state index contributed by atoms with van der Waals surface area (Å²) in [6, 6.07) is 12.2. The lowest BCUT2D eigenvalue weighted by molar-refractivity contribution is 0.0964. The third kappa shape index (κ3) is 3.31. The van der Waals surface area contributed by atoms with Crippen LogP contribution in [0.15, 0.2) is 59.1 Å². The maximum absolute atomic E-state index is 14.4. The summed E-state index contributed by atoms with van der Waals surface area (Å²) in [7, 11) is 2.95. The molecule has 0 aliphatic rings. The summed E-state index contributed by atoms with van der Waals surface area (Å²) in [5.74, 6) is -0.700. The van der Waals surface area contributed by atoms with E-state index in [9.17, 15) is 13.6 Å². The molecule has 0 atom stereocenters. The summed E-state index contributed by atoms with van der Waals surface area (Å²) in [5.41, 5.74) is 2.11. The molecular weight excluding hydrogens is 378 g/mol. The molecule has 0 spiro atoms. The molecule has 2 aromatic carbocycles. The average molecular weight is 394 g/mol. The number of nitrogens with one attached hydrogen (secondary N) is 1. The van der Waals surface area contributed by atoms with Crippen LogP contribution in [-0.2, 0) is 0 Å². The predicted octanol–water partition coefficient (Wildman–Crippen LogP) is 4.81. The van der Waals surface area contributed by atoms with Gasteiger partial charge in [0.25, 0.3) is 5.91 Å². The molecule has 2 heterocycles. The molecule has 0 unspecified atom stereocenters. The SMILES string of the molecule is CNC(=O)c1c(-c2ccc(F)cc2)oc2ccc(-c3cc(OC)ncc3F)cc12. The number of benzene rings is 2. The zero-order valence-corrected chi connectivity index (χ0v) is 15.6. The van der Waals surface area contributed by atoms with Crippen LogP contribution in [0.4, 0.5) is 8.78 Å². The molecule has 0 fully saturated rings. The third-order valence-corrected chi connectivity index (χ3v) is 4.60. The van der Waals surface area contributed by atoms with E-state index in [2.05, 4.69) is 10.3 Å². The molecule has 0 aliphatic heterocycles. The van der Waals surface area contributed by atoms with Crippen molar-refractivity contribution in [1.29, 1.82) is 0 Å². The summed E-state index contributed by atoms with van der Waals surface area (Å²) in [6.07, 6.45) is 1.08. The summed E-state index contributed by atoms with van der Waals surface area (Å²) in [6.45, 7) is 0. The summed E-state index contributed by atoms with van der Waals surface area (Å²) >= 11 is 0. The van der Waals surface area contributed by atoms with E-state index in [0.717, 1.165) is 6.20 Å². The molecule has 0 bridgehead atoms. The Kier molecular flexibility index (Phi) is 4.72. The number of ether oxygens (including phenoxy) is 1. The Balaban J connectivity index is 1.95. The molecule has 0 saturated carbocycles. The van der Waals surface area contributed by atoms with E-state index in [1.165, 1.54) is 44.5 Å². The van der Waals surface area contributed by atoms with E-state index in [1.807, 2.05) is 0 Å². The van der Waals surface area contributed by atoms with Gasteiger partial charge in [0, 0.05) is 29.6 Å². The standard InChI is InChI=1S/C22H16F2N2O3/c1-25-22(27)20-16-9-13(15-10-19(28-2)26-11-17(15)24)5-8-18(16)29-21(20)12-3-6-14(23)7-4-12/h3-11H,1-2H3,(H,25,27). The first-order chi connectivity index (χ1) is 14.0. The number of methoxy groups -OCH3 is 1. The van der Waals surface area contributed by atoms with E-state index in [-0.39, 0.29) is 22.9 Å². The fourth-order valence-electron chi connectivity index (χ4n) is 3.17. The second kappa shape index (κ2) is 7.35. The summed E-state index contributed by atoms with van der Waals surface area (Å²) in [4.78, 5) is 16.5. The molecule has 0 saturated heterocycles. The first kappa shape index (κ1) is 18.6. The van der Waals surface area contributed by atoms with Crippen molar-refractivity contribution >= 4 is 16.9 Å². The number of carbonyl (C=O) groups excluding carboxylic acids is 1. The molecule has 0 radical (unpaired) electrons. The van der Waals surface area contributed by atoms with Gasteiger partial charge >= 0.3 is 0 Å². The Bertz CT molecular complexity index is 1220. The zero-order valence-electron chi connectivity index (χ0n) is 15.6. The van der Waals surface area contributed by atoms with Crippen LogP contribution in [0.2, 0.25) is 0 Å². The molecule has 4 aromatic rings. The molecular formula is C22H16F2N2O3. The number of halogens is 2. The number of hydrogen-bond donors (Lipinski definition) is 1. The highest BCUT2D eigenvalue weighted by Gasteiger charge is 2.22. The van der Waals surface area contributed by atoms with Crippen molar-refractivity contribution in [3.8, 4) is 28.3 Å². The molecule has 5 nitrogen and oxygen atoms in total. The fraction of sp³-hybridized carbons (Fsp3) is 0.0909. The number of pyridine rings is 1. The van der Waals surface area contributed by atoms with Gasteiger partial charge in [0.15, 0.2) is 0 Å². The third-order valence-electron chi connectivity index (χ3n) is 4.60. The fourth-order valence-corrected chi connectivity index (χ4v) is 3.17. The number of hydrogen-bond acceptors (Lipinski definition) is 4. The highest BCUT2D eigenvalue weighted by Crippen LogP contribution is 2.37. The van der Waals surface area contributed by atoms with Gasteiger partial charge in [0.05, 0.1) is 18.9 Å². The van der Waals surface area contributed by atoms with Gasteiger partial charge < -0.3 is 14.5 Å². The molecule has 7 heteroatoms. The maximum atomic E-state index is 14.4. The zero-order chi connectivity index (χ0) is 20.5. The molecule has 4 rings (SSSR count). The number of carbonyl (C=O) groups is 1. The normalized spacial score (nSPS) is 10.9. The van der Waals surface area contributed by atoms with E-state index < -0.39 is 11.6 Å². The highest BCUT2D eigenvalue weighted by atomic mass is 19.1. The van der Waals surface area contributed by atoms with Crippen LogP contribution in [0.5, 0.6) is 5.88 Å². The van der Waals surface area contributed by atoms with Crippen LogP contribution >= 0.6 is 0 Å². The highest BCUT2D eigenvalue weighted by molar-refractivity contribution is 6.11. The van der Waals surface area contributed by atoms with Crippen molar-refractivity contribution < 1.29 is 22.7 Å². The second-order valence-corrected chi connectivity index (χ2v) is 6.31. The van der Waals surface area contributed by atoms with Gasteiger partial charge in [-0.15, -0.1) is 0 Å². The van der Waals surface area contributed by atoms with Crippen LogP contribution < -0.4 is 10.1 Å². The van der Waals surface area contributed by atoms with Gasteiger partial charge in [-0.1, -0.05) is 6.07 Å². The lowest BCUT2D eigenvalue weighted by Gasteiger charge is -2.06. The van der Waals surface area contributed by atoms with Gasteiger partial charge in [0.2, 0.25) is 5.88 Å². The number of aromatic nitrogens is 1. The Morgan fingerprint density at radius 2 is 1.79 bits per heavy atom.